The number of rotatable bonds is 6. The van der Waals surface area contributed by atoms with Gasteiger partial charge in [-0.2, -0.15) is 5.10 Å². The van der Waals surface area contributed by atoms with Crippen LogP contribution in [0.15, 0.2) is 36.7 Å². The zero-order valence-corrected chi connectivity index (χ0v) is 15.5. The summed E-state index contributed by atoms with van der Waals surface area (Å²) in [6.07, 6.45) is 7.36. The molecule has 1 saturated heterocycles. The van der Waals surface area contributed by atoms with Gasteiger partial charge in [0.25, 0.3) is 0 Å². The standard InChI is InChI=1S/C20H29FN4/c1-23(12-10-16-7-4-5-9-19(16)21)14-17-8-6-11-24(2)20(17)18-13-22-25(3)15-18/h4-5,7,9,13,15,17,20H,6,8,10-12,14H2,1-3H3/t17-,20+/m0/s1. The molecule has 1 aromatic carbocycles. The van der Waals surface area contributed by atoms with E-state index < -0.39 is 0 Å². The number of likely N-dealkylation sites (tertiary alicyclic amines) is 1. The van der Waals surface area contributed by atoms with Crippen molar-refractivity contribution in [2.45, 2.75) is 25.3 Å². The molecule has 2 aromatic rings. The van der Waals surface area contributed by atoms with Crippen LogP contribution in [0, 0.1) is 11.7 Å². The van der Waals surface area contributed by atoms with Crippen molar-refractivity contribution in [1.82, 2.24) is 19.6 Å². The molecule has 1 fully saturated rings. The van der Waals surface area contributed by atoms with Crippen LogP contribution >= 0.6 is 0 Å². The highest BCUT2D eigenvalue weighted by Gasteiger charge is 2.31. The fourth-order valence-corrected chi connectivity index (χ4v) is 4.07. The Hall–Kier alpha value is -1.72. The molecule has 0 saturated carbocycles. The molecule has 0 N–H and O–H groups in total. The molecule has 25 heavy (non-hydrogen) atoms. The van der Waals surface area contributed by atoms with Crippen molar-refractivity contribution in [1.29, 1.82) is 0 Å². The fraction of sp³-hybridized carbons (Fsp3) is 0.550. The summed E-state index contributed by atoms with van der Waals surface area (Å²) >= 11 is 0. The second-order valence-corrected chi connectivity index (χ2v) is 7.38. The van der Waals surface area contributed by atoms with Crippen LogP contribution in [0.25, 0.3) is 0 Å². The van der Waals surface area contributed by atoms with Crippen LogP contribution in [0.2, 0.25) is 0 Å². The molecular weight excluding hydrogens is 315 g/mol. The quantitative estimate of drug-likeness (QED) is 0.805. The van der Waals surface area contributed by atoms with Crippen LogP contribution in [0.3, 0.4) is 0 Å². The first-order valence-corrected chi connectivity index (χ1v) is 9.15. The Balaban J connectivity index is 1.62. The molecule has 0 radical (unpaired) electrons. The molecule has 0 spiro atoms. The summed E-state index contributed by atoms with van der Waals surface area (Å²) in [5, 5.41) is 4.36. The van der Waals surface area contributed by atoms with E-state index in [0.29, 0.717) is 12.0 Å². The minimum absolute atomic E-state index is 0.0958. The molecule has 2 atom stereocenters. The number of nitrogens with zero attached hydrogens (tertiary/aromatic N) is 4. The molecule has 2 heterocycles. The van der Waals surface area contributed by atoms with Crippen LogP contribution in [0.5, 0.6) is 0 Å². The van der Waals surface area contributed by atoms with E-state index in [1.165, 1.54) is 18.4 Å². The maximum Gasteiger partial charge on any atom is 0.126 e. The van der Waals surface area contributed by atoms with Gasteiger partial charge in [-0.25, -0.2) is 4.39 Å². The van der Waals surface area contributed by atoms with Gasteiger partial charge in [-0.3, -0.25) is 9.58 Å². The molecule has 5 heteroatoms. The van der Waals surface area contributed by atoms with Gasteiger partial charge in [-0.15, -0.1) is 0 Å². The van der Waals surface area contributed by atoms with E-state index in [9.17, 15) is 4.39 Å². The number of halogens is 1. The Kier molecular flexibility index (Phi) is 5.86. The van der Waals surface area contributed by atoms with Gasteiger partial charge in [-0.1, -0.05) is 18.2 Å². The molecule has 1 aromatic heterocycles. The first kappa shape index (κ1) is 18.1. The van der Waals surface area contributed by atoms with Gasteiger partial charge in [0, 0.05) is 37.9 Å². The molecule has 136 valence electrons. The maximum atomic E-state index is 13.8. The summed E-state index contributed by atoms with van der Waals surface area (Å²) in [7, 11) is 6.33. The molecular formula is C20H29FN4. The number of likely N-dealkylation sites (N-methyl/N-ethyl adjacent to an activating group) is 1. The Morgan fingerprint density at radius 3 is 2.80 bits per heavy atom. The van der Waals surface area contributed by atoms with Gasteiger partial charge in [0.2, 0.25) is 0 Å². The number of benzene rings is 1. The lowest BCUT2D eigenvalue weighted by atomic mass is 9.85. The van der Waals surface area contributed by atoms with E-state index >= 15 is 0 Å². The van der Waals surface area contributed by atoms with Gasteiger partial charge in [0.1, 0.15) is 5.82 Å². The molecule has 3 rings (SSSR count). The van der Waals surface area contributed by atoms with E-state index in [1.54, 1.807) is 12.1 Å². The van der Waals surface area contributed by atoms with Crippen molar-refractivity contribution in [2.24, 2.45) is 13.0 Å². The lowest BCUT2D eigenvalue weighted by molar-refractivity contribution is 0.0946. The Labute approximate surface area is 150 Å². The van der Waals surface area contributed by atoms with Crippen molar-refractivity contribution in [3.8, 4) is 0 Å². The lowest BCUT2D eigenvalue weighted by Gasteiger charge is -2.40. The van der Waals surface area contributed by atoms with Crippen LogP contribution in [0.4, 0.5) is 4.39 Å². The van der Waals surface area contributed by atoms with Crippen LogP contribution < -0.4 is 0 Å². The maximum absolute atomic E-state index is 13.8. The summed E-state index contributed by atoms with van der Waals surface area (Å²) < 4.78 is 15.7. The van der Waals surface area contributed by atoms with Crippen LogP contribution in [-0.2, 0) is 13.5 Å². The second kappa shape index (κ2) is 8.11. The van der Waals surface area contributed by atoms with Crippen molar-refractivity contribution in [3.63, 3.8) is 0 Å². The molecule has 1 aliphatic rings. The van der Waals surface area contributed by atoms with Crippen molar-refractivity contribution < 1.29 is 4.39 Å². The van der Waals surface area contributed by atoms with Gasteiger partial charge in [0.05, 0.1) is 6.20 Å². The molecule has 4 nitrogen and oxygen atoms in total. The fourth-order valence-electron chi connectivity index (χ4n) is 4.07. The minimum atomic E-state index is -0.0958. The van der Waals surface area contributed by atoms with Crippen molar-refractivity contribution >= 4 is 0 Å². The van der Waals surface area contributed by atoms with Gasteiger partial charge >= 0.3 is 0 Å². The van der Waals surface area contributed by atoms with Crippen LogP contribution in [0.1, 0.15) is 30.0 Å². The Morgan fingerprint density at radius 1 is 1.28 bits per heavy atom. The highest BCUT2D eigenvalue weighted by Crippen LogP contribution is 2.35. The third-order valence-corrected chi connectivity index (χ3v) is 5.34. The second-order valence-electron chi connectivity index (χ2n) is 7.38. The predicted molar refractivity (Wildman–Crippen MR) is 98.9 cm³/mol. The summed E-state index contributed by atoms with van der Waals surface area (Å²) in [4.78, 5) is 4.80. The SMILES string of the molecule is CN(CCc1ccccc1F)C[C@@H]1CCCN(C)[C@H]1c1cnn(C)c1. The van der Waals surface area contributed by atoms with E-state index in [2.05, 4.69) is 35.2 Å². The van der Waals surface area contributed by atoms with Gasteiger partial charge < -0.3 is 4.90 Å². The summed E-state index contributed by atoms with van der Waals surface area (Å²) in [6.45, 7) is 3.04. The zero-order chi connectivity index (χ0) is 17.8. The monoisotopic (exact) mass is 344 g/mol. The summed E-state index contributed by atoms with van der Waals surface area (Å²) in [5.74, 6) is 0.482. The normalized spacial score (nSPS) is 21.8. The minimum Gasteiger partial charge on any atom is -0.306 e. The molecule has 0 unspecified atom stereocenters. The highest BCUT2D eigenvalue weighted by atomic mass is 19.1. The van der Waals surface area contributed by atoms with Gasteiger partial charge in [0.15, 0.2) is 0 Å². The first-order chi connectivity index (χ1) is 12.0. The summed E-state index contributed by atoms with van der Waals surface area (Å²) in [6, 6.07) is 7.50. The predicted octanol–water partition coefficient (Wildman–Crippen LogP) is 3.12. The van der Waals surface area contributed by atoms with E-state index in [4.69, 9.17) is 0 Å². The molecule has 0 bridgehead atoms. The number of hydrogen-bond acceptors (Lipinski definition) is 3. The number of hydrogen-bond donors (Lipinski definition) is 0. The number of aromatic nitrogens is 2. The molecule has 1 aliphatic heterocycles. The molecule has 0 aliphatic carbocycles. The number of aryl methyl sites for hydroxylation is 1. The lowest BCUT2D eigenvalue weighted by Crippen LogP contribution is -2.41. The Morgan fingerprint density at radius 2 is 2.08 bits per heavy atom. The van der Waals surface area contributed by atoms with Gasteiger partial charge in [-0.05, 0) is 57.5 Å². The summed E-state index contributed by atoms with van der Waals surface area (Å²) in [5.41, 5.74) is 2.11. The topological polar surface area (TPSA) is 24.3 Å². The molecule has 0 amide bonds. The highest BCUT2D eigenvalue weighted by molar-refractivity contribution is 5.17. The van der Waals surface area contributed by atoms with E-state index in [-0.39, 0.29) is 5.82 Å². The largest absolute Gasteiger partial charge is 0.306 e. The third kappa shape index (κ3) is 4.47. The van der Waals surface area contributed by atoms with Crippen LogP contribution in [-0.4, -0.2) is 53.3 Å². The Bertz CT molecular complexity index is 684. The number of piperidine rings is 1. The van der Waals surface area contributed by atoms with Crippen molar-refractivity contribution in [3.05, 3.63) is 53.6 Å². The van der Waals surface area contributed by atoms with Crippen molar-refractivity contribution in [2.75, 3.05) is 33.7 Å². The third-order valence-electron chi connectivity index (χ3n) is 5.34. The van der Waals surface area contributed by atoms with E-state index in [1.807, 2.05) is 30.1 Å². The van der Waals surface area contributed by atoms with E-state index in [0.717, 1.165) is 31.6 Å². The zero-order valence-electron chi connectivity index (χ0n) is 15.5. The average Bonchev–Trinajstić information content (AvgIpc) is 3.00. The average molecular weight is 344 g/mol. The smallest absolute Gasteiger partial charge is 0.126 e. The first-order valence-electron chi connectivity index (χ1n) is 9.15.